The van der Waals surface area contributed by atoms with Crippen LogP contribution in [0.25, 0.3) is 10.9 Å². The fraction of sp³-hybridized carbons (Fsp3) is 0.250. The first kappa shape index (κ1) is 20.5. The van der Waals surface area contributed by atoms with Gasteiger partial charge in [-0.15, -0.1) is 0 Å². The number of H-pyrrole nitrogens is 1. The van der Waals surface area contributed by atoms with Crippen LogP contribution in [0.1, 0.15) is 40.2 Å². The number of carbonyl (C=O) groups excluding carboxylic acids is 1. The van der Waals surface area contributed by atoms with Crippen LogP contribution in [0.15, 0.2) is 59.3 Å². The van der Waals surface area contributed by atoms with Gasteiger partial charge in [-0.05, 0) is 43.2 Å². The molecule has 1 atom stereocenters. The van der Waals surface area contributed by atoms with Crippen LogP contribution < -0.4 is 14.8 Å². The molecule has 7 nitrogen and oxygen atoms in total. The van der Waals surface area contributed by atoms with Gasteiger partial charge >= 0.3 is 0 Å². The van der Waals surface area contributed by atoms with Crippen molar-refractivity contribution in [1.29, 1.82) is 0 Å². The highest BCUT2D eigenvalue weighted by Gasteiger charge is 2.22. The zero-order valence-corrected chi connectivity index (χ0v) is 17.8. The van der Waals surface area contributed by atoms with Crippen molar-refractivity contribution in [2.75, 3.05) is 20.3 Å². The third kappa shape index (κ3) is 4.26. The monoisotopic (exact) mass is 419 g/mol. The summed E-state index contributed by atoms with van der Waals surface area (Å²) in [5.74, 6) is 1.12. The number of aryl methyl sites for hydroxylation is 1. The second-order valence-electron chi connectivity index (χ2n) is 7.23. The fourth-order valence-corrected chi connectivity index (χ4v) is 3.72. The predicted octanol–water partition coefficient (Wildman–Crippen LogP) is 4.43. The van der Waals surface area contributed by atoms with E-state index in [9.17, 15) is 4.79 Å². The molecule has 4 aromatic rings. The average molecular weight is 419 g/mol. The Morgan fingerprint density at radius 2 is 2.03 bits per heavy atom. The number of aromatic amines is 1. The Balaban J connectivity index is 1.70. The van der Waals surface area contributed by atoms with Crippen molar-refractivity contribution in [3.8, 4) is 11.5 Å². The number of para-hydroxylation sites is 1. The van der Waals surface area contributed by atoms with Crippen molar-refractivity contribution in [2.45, 2.75) is 19.8 Å². The molecular formula is C24H25N3O4. The molecule has 31 heavy (non-hydrogen) atoms. The Bertz CT molecular complexity index is 1190. The fourth-order valence-electron chi connectivity index (χ4n) is 3.72. The highest BCUT2D eigenvalue weighted by atomic mass is 16.5. The van der Waals surface area contributed by atoms with Crippen LogP contribution in [0.5, 0.6) is 11.5 Å². The lowest BCUT2D eigenvalue weighted by atomic mass is 9.90. The third-order valence-corrected chi connectivity index (χ3v) is 5.21. The van der Waals surface area contributed by atoms with Crippen molar-refractivity contribution >= 4 is 16.8 Å². The molecule has 0 aliphatic heterocycles. The zero-order chi connectivity index (χ0) is 21.8. The van der Waals surface area contributed by atoms with Crippen LogP contribution in [0.3, 0.4) is 0 Å². The number of amides is 1. The number of nitrogens with zero attached hydrogens (tertiary/aromatic N) is 1. The highest BCUT2D eigenvalue weighted by Crippen LogP contribution is 2.35. The molecule has 0 saturated heterocycles. The summed E-state index contributed by atoms with van der Waals surface area (Å²) >= 11 is 0. The van der Waals surface area contributed by atoms with Gasteiger partial charge in [0.25, 0.3) is 5.91 Å². The molecule has 0 saturated carbocycles. The van der Waals surface area contributed by atoms with E-state index in [2.05, 4.69) is 21.5 Å². The number of aromatic nitrogens is 2. The zero-order valence-electron chi connectivity index (χ0n) is 17.8. The first-order valence-electron chi connectivity index (χ1n) is 10.2. The minimum absolute atomic E-state index is 0.117. The van der Waals surface area contributed by atoms with Crippen molar-refractivity contribution in [3.05, 3.63) is 77.3 Å². The molecule has 1 unspecified atom stereocenters. The molecule has 160 valence electrons. The summed E-state index contributed by atoms with van der Waals surface area (Å²) in [7, 11) is 1.62. The molecule has 2 aromatic heterocycles. The molecular weight excluding hydrogens is 394 g/mol. The molecule has 1 amide bonds. The summed E-state index contributed by atoms with van der Waals surface area (Å²) in [6.45, 7) is 4.63. The first-order chi connectivity index (χ1) is 15.1. The molecule has 2 N–H and O–H groups in total. The maximum atomic E-state index is 12.6. The Hall–Kier alpha value is -3.74. The van der Waals surface area contributed by atoms with Crippen molar-refractivity contribution in [3.63, 3.8) is 0 Å². The lowest BCUT2D eigenvalue weighted by Gasteiger charge is -2.20. The molecule has 2 heterocycles. The summed E-state index contributed by atoms with van der Waals surface area (Å²) in [4.78, 5) is 15.9. The Morgan fingerprint density at radius 1 is 1.19 bits per heavy atom. The standard InChI is InChI=1S/C24H25N3O4/c1-4-30-21-10-9-16(12-22(21)29-3)18(13-26-24(28)23-11-15(2)27-31-23)19-14-25-20-8-6-5-7-17(19)20/h5-12,14,18,25H,4,13H2,1-3H3,(H,26,28). The van der Waals surface area contributed by atoms with E-state index in [1.54, 1.807) is 20.1 Å². The van der Waals surface area contributed by atoms with E-state index < -0.39 is 0 Å². The molecule has 2 aromatic carbocycles. The van der Waals surface area contributed by atoms with Crippen LogP contribution in [0.4, 0.5) is 0 Å². The molecule has 0 aliphatic carbocycles. The summed E-state index contributed by atoms with van der Waals surface area (Å²) in [5.41, 5.74) is 3.78. The molecule has 0 aliphatic rings. The van der Waals surface area contributed by atoms with Crippen LogP contribution in [0, 0.1) is 6.92 Å². The molecule has 0 fully saturated rings. The summed E-state index contributed by atoms with van der Waals surface area (Å²) < 4.78 is 16.3. The second-order valence-corrected chi connectivity index (χ2v) is 7.23. The normalized spacial score (nSPS) is 12.0. The molecule has 0 bridgehead atoms. The minimum atomic E-state index is -0.302. The van der Waals surface area contributed by atoms with E-state index in [1.807, 2.05) is 49.5 Å². The van der Waals surface area contributed by atoms with Crippen molar-refractivity contribution in [2.24, 2.45) is 0 Å². The van der Waals surface area contributed by atoms with Crippen molar-refractivity contribution in [1.82, 2.24) is 15.5 Å². The number of nitrogens with one attached hydrogen (secondary N) is 2. The molecule has 0 radical (unpaired) electrons. The van der Waals surface area contributed by atoms with Gasteiger partial charge < -0.3 is 24.3 Å². The Morgan fingerprint density at radius 3 is 2.77 bits per heavy atom. The third-order valence-electron chi connectivity index (χ3n) is 5.21. The lowest BCUT2D eigenvalue weighted by molar-refractivity contribution is 0.0915. The number of fused-ring (bicyclic) bond motifs is 1. The Labute approximate surface area is 180 Å². The smallest absolute Gasteiger partial charge is 0.289 e. The minimum Gasteiger partial charge on any atom is -0.493 e. The van der Waals surface area contributed by atoms with Gasteiger partial charge in [-0.25, -0.2) is 0 Å². The van der Waals surface area contributed by atoms with E-state index in [4.69, 9.17) is 14.0 Å². The van der Waals surface area contributed by atoms with E-state index >= 15 is 0 Å². The van der Waals surface area contributed by atoms with Crippen LogP contribution in [-0.4, -0.2) is 36.3 Å². The molecule has 0 spiro atoms. The number of benzene rings is 2. The van der Waals surface area contributed by atoms with Crippen molar-refractivity contribution < 1.29 is 18.8 Å². The predicted molar refractivity (Wildman–Crippen MR) is 118 cm³/mol. The van der Waals surface area contributed by atoms with Gasteiger partial charge in [0.1, 0.15) is 0 Å². The topological polar surface area (TPSA) is 89.4 Å². The van der Waals surface area contributed by atoms with Crippen LogP contribution in [0.2, 0.25) is 0 Å². The number of carbonyl (C=O) groups is 1. The summed E-state index contributed by atoms with van der Waals surface area (Å²) in [6, 6.07) is 15.6. The van der Waals surface area contributed by atoms with E-state index in [0.717, 1.165) is 22.0 Å². The van der Waals surface area contributed by atoms with Gasteiger partial charge in [-0.3, -0.25) is 4.79 Å². The summed E-state index contributed by atoms with van der Waals surface area (Å²) in [6.07, 6.45) is 1.99. The maximum Gasteiger partial charge on any atom is 0.289 e. The van der Waals surface area contributed by atoms with Gasteiger partial charge in [0.2, 0.25) is 5.76 Å². The van der Waals surface area contributed by atoms with E-state index in [1.165, 1.54) is 0 Å². The van der Waals surface area contributed by atoms with E-state index in [-0.39, 0.29) is 17.6 Å². The van der Waals surface area contributed by atoms with Gasteiger partial charge in [0.05, 0.1) is 19.4 Å². The number of hydrogen-bond acceptors (Lipinski definition) is 5. The Kier molecular flexibility index (Phi) is 5.93. The quantitative estimate of drug-likeness (QED) is 0.441. The van der Waals surface area contributed by atoms with Gasteiger partial charge in [0, 0.05) is 35.6 Å². The SMILES string of the molecule is CCOc1ccc(C(CNC(=O)c2cc(C)no2)c2c[nH]c3ccccc23)cc1OC. The van der Waals surface area contributed by atoms with Gasteiger partial charge in [-0.2, -0.15) is 0 Å². The molecule has 7 heteroatoms. The highest BCUT2D eigenvalue weighted by molar-refractivity contribution is 5.91. The first-order valence-corrected chi connectivity index (χ1v) is 10.2. The second kappa shape index (κ2) is 8.95. The number of methoxy groups -OCH3 is 1. The largest absolute Gasteiger partial charge is 0.493 e. The maximum absolute atomic E-state index is 12.6. The number of rotatable bonds is 8. The van der Waals surface area contributed by atoms with E-state index in [0.29, 0.717) is 30.3 Å². The summed E-state index contributed by atoms with van der Waals surface area (Å²) in [5, 5.41) is 7.88. The number of hydrogen-bond donors (Lipinski definition) is 2. The van der Waals surface area contributed by atoms with Gasteiger partial charge in [0.15, 0.2) is 11.5 Å². The lowest BCUT2D eigenvalue weighted by Crippen LogP contribution is -2.28. The average Bonchev–Trinajstić information content (AvgIpc) is 3.41. The molecule has 4 rings (SSSR count). The number of ether oxygens (including phenoxy) is 2. The van der Waals surface area contributed by atoms with Crippen LogP contribution >= 0.6 is 0 Å². The van der Waals surface area contributed by atoms with Gasteiger partial charge in [-0.1, -0.05) is 29.4 Å². The van der Waals surface area contributed by atoms with Crippen LogP contribution in [-0.2, 0) is 0 Å².